The highest BCUT2D eigenvalue weighted by atomic mass is 35.7. The van der Waals surface area contributed by atoms with Crippen LogP contribution in [0.5, 0.6) is 0 Å². The lowest BCUT2D eigenvalue weighted by Gasteiger charge is -2.32. The van der Waals surface area contributed by atoms with Gasteiger partial charge in [-0.2, -0.15) is 4.31 Å². The summed E-state index contributed by atoms with van der Waals surface area (Å²) in [4.78, 5) is 19.4. The lowest BCUT2D eigenvalue weighted by Crippen LogP contribution is -2.39. The topological polar surface area (TPSA) is 145 Å². The smallest absolute Gasteiger partial charge is 0.261 e. The minimum Gasteiger partial charge on any atom is -0.317 e. The van der Waals surface area contributed by atoms with Crippen molar-refractivity contribution in [2.45, 2.75) is 81.7 Å². The van der Waals surface area contributed by atoms with Crippen molar-refractivity contribution in [2.24, 2.45) is 0 Å². The van der Waals surface area contributed by atoms with Crippen molar-refractivity contribution < 1.29 is 16.8 Å². The van der Waals surface area contributed by atoms with Crippen molar-refractivity contribution in [1.82, 2.24) is 38.7 Å². The number of nitrogens with zero attached hydrogens (tertiary/aromatic N) is 7. The zero-order valence-corrected chi connectivity index (χ0v) is 38.9. The number of sulfonamides is 1. The van der Waals surface area contributed by atoms with Gasteiger partial charge in [-0.25, -0.2) is 36.8 Å². The number of benzene rings is 4. The van der Waals surface area contributed by atoms with E-state index < -0.39 is 19.1 Å². The summed E-state index contributed by atoms with van der Waals surface area (Å²) in [6.45, 7) is 7.14. The van der Waals surface area contributed by atoms with Crippen LogP contribution < -0.4 is 5.32 Å². The number of hydrogen-bond acceptors (Lipinski definition) is 9. The lowest BCUT2D eigenvalue weighted by atomic mass is 10.1. The molecule has 0 spiro atoms. The van der Waals surface area contributed by atoms with Gasteiger partial charge >= 0.3 is 0 Å². The van der Waals surface area contributed by atoms with Crippen LogP contribution in [0.1, 0.15) is 70.2 Å². The number of imidazole rings is 2. The van der Waals surface area contributed by atoms with Crippen molar-refractivity contribution in [3.63, 3.8) is 0 Å². The predicted molar refractivity (Wildman–Crippen MR) is 266 cm³/mol. The first-order valence-electron chi connectivity index (χ1n) is 22.1. The Bertz CT molecular complexity index is 3040. The molecule has 0 bridgehead atoms. The quantitative estimate of drug-likeness (QED) is 0.140. The van der Waals surface area contributed by atoms with Crippen LogP contribution in [0.3, 0.4) is 0 Å². The zero-order chi connectivity index (χ0) is 45.4. The number of hydrogen-bond donors (Lipinski definition) is 1. The fraction of sp³-hybridized carbons (Fsp3) is 0.294. The molecule has 0 radical (unpaired) electrons. The van der Waals surface area contributed by atoms with E-state index in [4.69, 9.17) is 20.7 Å². The van der Waals surface area contributed by atoms with Crippen LogP contribution in [0.2, 0.25) is 0 Å². The van der Waals surface area contributed by atoms with Gasteiger partial charge in [-0.1, -0.05) is 106 Å². The van der Waals surface area contributed by atoms with Gasteiger partial charge in [-0.05, 0) is 111 Å². The van der Waals surface area contributed by atoms with Crippen LogP contribution in [0, 0.1) is 0 Å². The van der Waals surface area contributed by atoms with Gasteiger partial charge in [0.05, 0.1) is 9.79 Å². The third kappa shape index (κ3) is 10.9. The molecule has 15 heteroatoms. The van der Waals surface area contributed by atoms with Crippen LogP contribution in [-0.2, 0) is 31.9 Å². The fourth-order valence-corrected chi connectivity index (χ4v) is 10.7. The Kier molecular flexibility index (Phi) is 15.8. The minimum atomic E-state index is -3.56. The Hall–Kier alpha value is -5.77. The van der Waals surface area contributed by atoms with Gasteiger partial charge in [0, 0.05) is 59.4 Å². The standard InChI is InChI=1S/C25H26N4O2S.C17H18N4.C8H9ClO2S.CH4/c1-2-19-10-12-22(13-11-19)32(30,31)28-17-14-21(15-18-28)29-24(20-7-4-3-5-8-20)27-23-9-6-16-26-25(23)29;1-2-5-13(6-3-1)16-20-15-7-4-10-19-17(15)21(16)14-8-11-18-12-9-14;1-2-7-3-5-8(6-4-7)12(9,10)11;/h3-13,16,21H,2,14-15,17-18H2,1H3;1-7,10,14,18H,8-9,11-12H2;3-6H,2H2,1H3;1H4. The average Bonchev–Trinajstić information content (AvgIpc) is 3.95. The molecule has 0 unspecified atom stereocenters. The Morgan fingerprint density at radius 3 is 1.41 bits per heavy atom. The molecule has 2 aliphatic rings. The van der Waals surface area contributed by atoms with E-state index >= 15 is 0 Å². The first-order valence-corrected chi connectivity index (χ1v) is 25.9. The van der Waals surface area contributed by atoms with Gasteiger partial charge in [0.2, 0.25) is 10.0 Å². The lowest BCUT2D eigenvalue weighted by molar-refractivity contribution is 0.278. The highest BCUT2D eigenvalue weighted by Crippen LogP contribution is 2.35. The van der Waals surface area contributed by atoms with Crippen molar-refractivity contribution >= 4 is 52.1 Å². The molecular weight excluding hydrogens is 888 g/mol. The maximum absolute atomic E-state index is 13.2. The van der Waals surface area contributed by atoms with E-state index in [1.54, 1.807) is 34.8 Å². The molecule has 2 fully saturated rings. The van der Waals surface area contributed by atoms with E-state index in [0.717, 1.165) is 95.0 Å². The molecule has 6 heterocycles. The summed E-state index contributed by atoms with van der Waals surface area (Å²) >= 11 is 0. The maximum atomic E-state index is 13.2. The first-order chi connectivity index (χ1) is 31.5. The van der Waals surface area contributed by atoms with Crippen molar-refractivity contribution in [2.75, 3.05) is 26.2 Å². The van der Waals surface area contributed by atoms with Crippen molar-refractivity contribution in [3.8, 4) is 22.8 Å². The Balaban J connectivity index is 0.000000163. The number of pyridine rings is 2. The second-order valence-corrected chi connectivity index (χ2v) is 20.6. The normalized spacial score (nSPS) is 15.0. The number of halogens is 1. The highest BCUT2D eigenvalue weighted by Gasteiger charge is 2.32. The number of aryl methyl sites for hydroxylation is 2. The second kappa shape index (κ2) is 21.7. The molecule has 2 aliphatic heterocycles. The summed E-state index contributed by atoms with van der Waals surface area (Å²) in [6, 6.07) is 42.8. The predicted octanol–water partition coefficient (Wildman–Crippen LogP) is 10.5. The van der Waals surface area contributed by atoms with Crippen LogP contribution in [0.15, 0.2) is 156 Å². The van der Waals surface area contributed by atoms with Crippen LogP contribution in [0.4, 0.5) is 0 Å². The molecule has 4 aromatic heterocycles. The third-order valence-corrected chi connectivity index (χ3v) is 15.3. The van der Waals surface area contributed by atoms with Crippen molar-refractivity contribution in [1.29, 1.82) is 0 Å². The van der Waals surface area contributed by atoms with Gasteiger partial charge in [0.25, 0.3) is 9.05 Å². The highest BCUT2D eigenvalue weighted by molar-refractivity contribution is 8.13. The number of piperidine rings is 2. The molecule has 12 nitrogen and oxygen atoms in total. The Morgan fingerprint density at radius 2 is 0.985 bits per heavy atom. The van der Waals surface area contributed by atoms with E-state index in [2.05, 4.69) is 67.7 Å². The fourth-order valence-electron chi connectivity index (χ4n) is 8.47. The first kappa shape index (κ1) is 48.2. The van der Waals surface area contributed by atoms with E-state index in [9.17, 15) is 16.8 Å². The van der Waals surface area contributed by atoms with E-state index in [1.165, 1.54) is 12.1 Å². The zero-order valence-electron chi connectivity index (χ0n) is 36.5. The molecule has 0 aliphatic carbocycles. The van der Waals surface area contributed by atoms with Gasteiger partial charge in [-0.15, -0.1) is 0 Å². The molecule has 0 atom stereocenters. The Labute approximate surface area is 393 Å². The summed E-state index contributed by atoms with van der Waals surface area (Å²) in [6.07, 6.45) is 9.11. The van der Waals surface area contributed by atoms with Gasteiger partial charge in [0.1, 0.15) is 22.7 Å². The van der Waals surface area contributed by atoms with Gasteiger partial charge < -0.3 is 14.5 Å². The second-order valence-electron chi connectivity index (χ2n) is 16.1. The van der Waals surface area contributed by atoms with E-state index in [1.807, 2.05) is 73.8 Å². The molecule has 0 saturated carbocycles. The molecule has 1 N–H and O–H groups in total. The largest absolute Gasteiger partial charge is 0.317 e. The summed E-state index contributed by atoms with van der Waals surface area (Å²) in [7, 11) is -1.92. The molecule has 8 aromatic rings. The average molecular weight is 946 g/mol. The number of nitrogens with one attached hydrogen (secondary N) is 1. The van der Waals surface area contributed by atoms with Crippen LogP contribution in [-0.4, -0.2) is 76.4 Å². The number of rotatable bonds is 9. The number of aromatic nitrogens is 6. The van der Waals surface area contributed by atoms with Crippen LogP contribution in [0.25, 0.3) is 45.1 Å². The molecule has 344 valence electrons. The molecule has 0 amide bonds. The van der Waals surface area contributed by atoms with Crippen molar-refractivity contribution in [3.05, 3.63) is 157 Å². The Morgan fingerprint density at radius 1 is 0.561 bits per heavy atom. The molecule has 2 saturated heterocycles. The van der Waals surface area contributed by atoms with Gasteiger partial charge in [-0.3, -0.25) is 0 Å². The van der Waals surface area contributed by atoms with E-state index in [0.29, 0.717) is 36.9 Å². The van der Waals surface area contributed by atoms with E-state index in [-0.39, 0.29) is 18.4 Å². The third-order valence-electron chi connectivity index (χ3n) is 12.0. The summed E-state index contributed by atoms with van der Waals surface area (Å²) < 4.78 is 54.1. The molecule has 66 heavy (non-hydrogen) atoms. The SMILES string of the molecule is C.CCc1ccc(S(=O)(=O)Cl)cc1.CCc1ccc(S(=O)(=O)N2CCC(n3c(-c4ccccc4)nc4cccnc43)CC2)cc1.c1ccc(-c2nc3cccnc3n2C2CCNCC2)cc1. The van der Waals surface area contributed by atoms with Gasteiger partial charge in [0.15, 0.2) is 11.3 Å². The summed E-state index contributed by atoms with van der Waals surface area (Å²) in [5.74, 6) is 1.92. The maximum Gasteiger partial charge on any atom is 0.261 e. The van der Waals surface area contributed by atoms with Crippen LogP contribution >= 0.6 is 10.7 Å². The molecular formula is C51H57ClN8O4S2. The summed E-state index contributed by atoms with van der Waals surface area (Å²) in [5, 5.41) is 3.43. The molecule has 4 aromatic carbocycles. The number of fused-ring (bicyclic) bond motifs is 2. The molecule has 10 rings (SSSR count). The monoisotopic (exact) mass is 944 g/mol. The summed E-state index contributed by atoms with van der Waals surface area (Å²) in [5.41, 5.74) is 8.12. The minimum absolute atomic E-state index is 0.